The Bertz CT molecular complexity index is 358. The second-order valence-corrected chi connectivity index (χ2v) is 5.72. The molecule has 0 aromatic heterocycles. The largest absolute Gasteiger partial charge is 0.480 e. The normalized spacial score (nSPS) is 19.9. The maximum absolute atomic E-state index is 12.2. The van der Waals surface area contributed by atoms with Crippen molar-refractivity contribution in [2.24, 2.45) is 0 Å². The maximum Gasteiger partial charge on any atom is 0.329 e. The highest BCUT2D eigenvalue weighted by molar-refractivity contribution is 5.85. The molecule has 1 aliphatic rings. The van der Waals surface area contributed by atoms with E-state index < -0.39 is 11.5 Å². The van der Waals surface area contributed by atoms with Crippen LogP contribution in [0.3, 0.4) is 0 Å². The second-order valence-electron chi connectivity index (χ2n) is 5.72. The molecule has 6 heteroatoms. The van der Waals surface area contributed by atoms with Gasteiger partial charge in [0, 0.05) is 19.1 Å². The number of urea groups is 1. The minimum absolute atomic E-state index is 0.303. The summed E-state index contributed by atoms with van der Waals surface area (Å²) in [4.78, 5) is 27.2. The van der Waals surface area contributed by atoms with Gasteiger partial charge in [-0.2, -0.15) is 0 Å². The van der Waals surface area contributed by atoms with E-state index in [4.69, 9.17) is 0 Å². The Hall–Kier alpha value is -1.30. The molecule has 0 bridgehead atoms. The molecule has 116 valence electrons. The van der Waals surface area contributed by atoms with Crippen LogP contribution in [-0.2, 0) is 4.79 Å². The molecule has 0 aromatic rings. The molecule has 1 rings (SSSR count). The zero-order valence-electron chi connectivity index (χ0n) is 13.0. The quantitative estimate of drug-likeness (QED) is 0.773. The summed E-state index contributed by atoms with van der Waals surface area (Å²) in [6.07, 6.45) is 2.25. The third-order valence-corrected chi connectivity index (χ3v) is 4.15. The summed E-state index contributed by atoms with van der Waals surface area (Å²) in [7, 11) is 0. The smallest absolute Gasteiger partial charge is 0.329 e. The van der Waals surface area contributed by atoms with Gasteiger partial charge in [0.05, 0.1) is 0 Å². The number of likely N-dealkylation sites (tertiary alicyclic amines) is 1. The van der Waals surface area contributed by atoms with Crippen molar-refractivity contribution in [3.63, 3.8) is 0 Å². The Morgan fingerprint density at radius 3 is 2.55 bits per heavy atom. The lowest BCUT2D eigenvalue weighted by Gasteiger charge is -2.34. The fourth-order valence-electron chi connectivity index (χ4n) is 2.75. The van der Waals surface area contributed by atoms with Gasteiger partial charge >= 0.3 is 12.0 Å². The molecular weight excluding hydrogens is 258 g/mol. The number of nitrogens with zero attached hydrogens (tertiary/aromatic N) is 2. The monoisotopic (exact) mass is 285 g/mol. The lowest BCUT2D eigenvalue weighted by atomic mass is 10.0. The van der Waals surface area contributed by atoms with Crippen LogP contribution in [0.2, 0.25) is 0 Å². The average Bonchev–Trinajstić information content (AvgIpc) is 2.83. The fraction of sp³-hybridized carbons (Fsp3) is 0.857. The highest BCUT2D eigenvalue weighted by Gasteiger charge is 2.37. The van der Waals surface area contributed by atoms with Crippen molar-refractivity contribution in [2.75, 3.05) is 26.2 Å². The summed E-state index contributed by atoms with van der Waals surface area (Å²) in [5.74, 6) is -0.995. The first-order valence-electron chi connectivity index (χ1n) is 7.37. The van der Waals surface area contributed by atoms with Crippen LogP contribution < -0.4 is 5.32 Å². The Morgan fingerprint density at radius 2 is 2.05 bits per heavy atom. The first-order valence-corrected chi connectivity index (χ1v) is 7.37. The molecular formula is C14H27N3O3. The van der Waals surface area contributed by atoms with Gasteiger partial charge in [-0.3, -0.25) is 4.90 Å². The first-order chi connectivity index (χ1) is 9.34. The van der Waals surface area contributed by atoms with Crippen molar-refractivity contribution in [1.29, 1.82) is 0 Å². The van der Waals surface area contributed by atoms with Gasteiger partial charge in [0.15, 0.2) is 0 Å². The molecule has 1 unspecified atom stereocenters. The van der Waals surface area contributed by atoms with Crippen molar-refractivity contribution in [2.45, 2.75) is 52.1 Å². The Balaban J connectivity index is 2.58. The molecule has 1 atom stereocenters. The molecule has 1 heterocycles. The third kappa shape index (κ3) is 3.62. The Morgan fingerprint density at radius 1 is 1.40 bits per heavy atom. The molecule has 0 spiro atoms. The number of amides is 2. The van der Waals surface area contributed by atoms with E-state index in [1.807, 2.05) is 0 Å². The number of carbonyl (C=O) groups excluding carboxylic acids is 1. The highest BCUT2D eigenvalue weighted by atomic mass is 16.4. The minimum atomic E-state index is -1.20. The summed E-state index contributed by atoms with van der Waals surface area (Å²) < 4.78 is 0. The lowest BCUT2D eigenvalue weighted by Crippen LogP contribution is -2.57. The molecule has 6 nitrogen and oxygen atoms in total. The van der Waals surface area contributed by atoms with Crippen molar-refractivity contribution in [1.82, 2.24) is 15.1 Å². The molecule has 0 aliphatic carbocycles. The number of likely N-dealkylation sites (N-methyl/N-ethyl adjacent to an activating group) is 2. The summed E-state index contributed by atoms with van der Waals surface area (Å²) in [6, 6.07) is 0.0680. The Kier molecular flexibility index (Phi) is 5.80. The third-order valence-electron chi connectivity index (χ3n) is 4.15. The van der Waals surface area contributed by atoms with Gasteiger partial charge in [0.25, 0.3) is 0 Å². The number of rotatable bonds is 6. The fourth-order valence-corrected chi connectivity index (χ4v) is 2.75. The van der Waals surface area contributed by atoms with Gasteiger partial charge < -0.3 is 15.3 Å². The maximum atomic E-state index is 12.2. The molecule has 2 N–H and O–H groups in total. The van der Waals surface area contributed by atoms with Crippen molar-refractivity contribution >= 4 is 12.0 Å². The highest BCUT2D eigenvalue weighted by Crippen LogP contribution is 2.17. The number of carbonyl (C=O) groups is 2. The molecule has 1 saturated heterocycles. The average molecular weight is 285 g/mol. The molecule has 20 heavy (non-hydrogen) atoms. The standard InChI is InChI=1S/C14H27N3O3/c1-5-16-9-7-8-11(16)10-15-13(20)17(6-2)14(3,4)12(18)19/h11H,5-10H2,1-4H3,(H,15,20)(H,18,19). The molecule has 0 saturated carbocycles. The zero-order chi connectivity index (χ0) is 15.3. The first kappa shape index (κ1) is 16.8. The molecule has 0 radical (unpaired) electrons. The van der Waals surface area contributed by atoms with Crippen molar-refractivity contribution in [3.8, 4) is 0 Å². The van der Waals surface area contributed by atoms with E-state index in [0.29, 0.717) is 19.1 Å². The van der Waals surface area contributed by atoms with Crippen LogP contribution in [0.4, 0.5) is 4.79 Å². The predicted octanol–water partition coefficient (Wildman–Crippen LogP) is 1.37. The molecule has 0 aromatic carbocycles. The summed E-state index contributed by atoms with van der Waals surface area (Å²) >= 11 is 0. The second kappa shape index (κ2) is 6.92. The van der Waals surface area contributed by atoms with Crippen molar-refractivity contribution < 1.29 is 14.7 Å². The van der Waals surface area contributed by atoms with Gasteiger partial charge in [-0.15, -0.1) is 0 Å². The van der Waals surface area contributed by atoms with Crippen LogP contribution in [0.5, 0.6) is 0 Å². The van der Waals surface area contributed by atoms with Crippen LogP contribution in [0.1, 0.15) is 40.5 Å². The van der Waals surface area contributed by atoms with Gasteiger partial charge in [-0.25, -0.2) is 9.59 Å². The van der Waals surface area contributed by atoms with Crippen LogP contribution in [0, 0.1) is 0 Å². The van der Waals surface area contributed by atoms with Crippen LogP contribution in [0.25, 0.3) is 0 Å². The predicted molar refractivity (Wildman–Crippen MR) is 77.8 cm³/mol. The SMILES string of the molecule is CCN1CCCC1CNC(=O)N(CC)C(C)(C)C(=O)O. The number of hydrogen-bond acceptors (Lipinski definition) is 3. The van der Waals surface area contributed by atoms with E-state index in [-0.39, 0.29) is 6.03 Å². The lowest BCUT2D eigenvalue weighted by molar-refractivity contribution is -0.147. The van der Waals surface area contributed by atoms with E-state index in [1.54, 1.807) is 20.8 Å². The zero-order valence-corrected chi connectivity index (χ0v) is 13.0. The van der Waals surface area contributed by atoms with Gasteiger partial charge in [-0.1, -0.05) is 6.92 Å². The minimum Gasteiger partial charge on any atom is -0.480 e. The van der Waals surface area contributed by atoms with E-state index in [9.17, 15) is 14.7 Å². The Labute approximate surface area is 121 Å². The van der Waals surface area contributed by atoms with Crippen LogP contribution in [0.15, 0.2) is 0 Å². The number of aliphatic carboxylic acids is 1. The summed E-state index contributed by atoms with van der Waals surface area (Å²) in [5, 5.41) is 12.1. The van der Waals surface area contributed by atoms with E-state index in [0.717, 1.165) is 25.9 Å². The van der Waals surface area contributed by atoms with E-state index in [1.165, 1.54) is 4.90 Å². The van der Waals surface area contributed by atoms with Crippen LogP contribution in [-0.4, -0.2) is 64.7 Å². The number of carboxylic acid groups (broad SMARTS) is 1. The number of carboxylic acids is 1. The van der Waals surface area contributed by atoms with Gasteiger partial charge in [0.2, 0.25) is 0 Å². The van der Waals surface area contributed by atoms with Crippen molar-refractivity contribution in [3.05, 3.63) is 0 Å². The number of hydrogen-bond donors (Lipinski definition) is 2. The summed E-state index contributed by atoms with van der Waals surface area (Å²) in [5.41, 5.74) is -1.20. The number of nitrogens with one attached hydrogen (secondary N) is 1. The topological polar surface area (TPSA) is 72.9 Å². The molecule has 1 fully saturated rings. The molecule has 2 amide bonds. The van der Waals surface area contributed by atoms with Crippen LogP contribution >= 0.6 is 0 Å². The van der Waals surface area contributed by atoms with Gasteiger partial charge in [0.1, 0.15) is 5.54 Å². The van der Waals surface area contributed by atoms with Gasteiger partial charge in [-0.05, 0) is 46.7 Å². The summed E-state index contributed by atoms with van der Waals surface area (Å²) in [6.45, 7) is 10.0. The van der Waals surface area contributed by atoms with E-state index >= 15 is 0 Å². The van der Waals surface area contributed by atoms with E-state index in [2.05, 4.69) is 17.1 Å². The molecule has 1 aliphatic heterocycles.